The van der Waals surface area contributed by atoms with Crippen molar-refractivity contribution in [2.45, 2.75) is 18.9 Å². The zero-order chi connectivity index (χ0) is 16.4. The molecule has 3 rings (SSSR count). The summed E-state index contributed by atoms with van der Waals surface area (Å²) in [5.41, 5.74) is 0.764. The van der Waals surface area contributed by atoms with E-state index in [1.807, 2.05) is 0 Å². The summed E-state index contributed by atoms with van der Waals surface area (Å²) >= 11 is 0. The lowest BCUT2D eigenvalue weighted by atomic mass is 10.0. The standard InChI is InChI=1S/C17H15F3N2O/c18-12-5-3-11(4-6-12)16-2-1-9-22(16)17(23)21-15-8-7-13(19)10-14(15)20/h3-8,10,16H,1-2,9H2,(H,21,23)/t16-/m0/s1. The fraction of sp³-hybridized carbons (Fsp3) is 0.235. The molecule has 1 aliphatic rings. The Morgan fingerprint density at radius 1 is 1.04 bits per heavy atom. The van der Waals surface area contributed by atoms with Crippen molar-refractivity contribution in [3.63, 3.8) is 0 Å². The number of urea groups is 1. The molecule has 0 saturated carbocycles. The first-order chi connectivity index (χ1) is 11.0. The lowest BCUT2D eigenvalue weighted by Crippen LogP contribution is -2.34. The highest BCUT2D eigenvalue weighted by molar-refractivity contribution is 5.90. The molecule has 2 aromatic rings. The van der Waals surface area contributed by atoms with Gasteiger partial charge in [-0.15, -0.1) is 0 Å². The fourth-order valence-electron chi connectivity index (χ4n) is 2.82. The molecular formula is C17H15F3N2O. The van der Waals surface area contributed by atoms with Gasteiger partial charge in [-0.05, 0) is 42.7 Å². The molecule has 1 aliphatic heterocycles. The van der Waals surface area contributed by atoms with Crippen LogP contribution in [0.25, 0.3) is 0 Å². The van der Waals surface area contributed by atoms with Crippen LogP contribution < -0.4 is 5.32 Å². The van der Waals surface area contributed by atoms with Gasteiger partial charge in [0.2, 0.25) is 0 Å². The van der Waals surface area contributed by atoms with Crippen LogP contribution in [-0.2, 0) is 0 Å². The molecule has 0 aromatic heterocycles. The summed E-state index contributed by atoms with van der Waals surface area (Å²) in [5.74, 6) is -1.86. The molecule has 1 N–H and O–H groups in total. The highest BCUT2D eigenvalue weighted by Crippen LogP contribution is 2.32. The molecule has 0 spiro atoms. The largest absolute Gasteiger partial charge is 0.322 e. The SMILES string of the molecule is O=C(Nc1ccc(F)cc1F)N1CCC[C@H]1c1ccc(F)cc1. The number of carbonyl (C=O) groups excluding carboxylic acids is 1. The summed E-state index contributed by atoms with van der Waals surface area (Å²) < 4.78 is 39.6. The molecule has 120 valence electrons. The zero-order valence-corrected chi connectivity index (χ0v) is 12.2. The first-order valence-electron chi connectivity index (χ1n) is 7.33. The third kappa shape index (κ3) is 3.31. The van der Waals surface area contributed by atoms with Crippen LogP contribution in [0.15, 0.2) is 42.5 Å². The highest BCUT2D eigenvalue weighted by atomic mass is 19.1. The van der Waals surface area contributed by atoms with Crippen molar-refractivity contribution in [3.8, 4) is 0 Å². The fourth-order valence-corrected chi connectivity index (χ4v) is 2.82. The number of anilines is 1. The van der Waals surface area contributed by atoms with Crippen LogP contribution in [0.4, 0.5) is 23.7 Å². The number of nitrogens with zero attached hydrogens (tertiary/aromatic N) is 1. The van der Waals surface area contributed by atoms with Gasteiger partial charge < -0.3 is 10.2 Å². The second-order valence-corrected chi connectivity index (χ2v) is 5.46. The van der Waals surface area contributed by atoms with Crippen LogP contribution in [0.5, 0.6) is 0 Å². The summed E-state index contributed by atoms with van der Waals surface area (Å²) in [6.07, 6.45) is 1.56. The third-order valence-electron chi connectivity index (χ3n) is 3.94. The summed E-state index contributed by atoms with van der Waals surface area (Å²) in [6.45, 7) is 0.524. The lowest BCUT2D eigenvalue weighted by Gasteiger charge is -2.25. The van der Waals surface area contributed by atoms with E-state index in [0.717, 1.165) is 30.5 Å². The summed E-state index contributed by atoms with van der Waals surface area (Å²) in [5, 5.41) is 2.46. The lowest BCUT2D eigenvalue weighted by molar-refractivity contribution is 0.207. The van der Waals surface area contributed by atoms with Crippen molar-refractivity contribution in [1.29, 1.82) is 0 Å². The first-order valence-corrected chi connectivity index (χ1v) is 7.33. The normalized spacial score (nSPS) is 17.3. The molecule has 2 aromatic carbocycles. The first kappa shape index (κ1) is 15.4. The maximum Gasteiger partial charge on any atom is 0.322 e. The van der Waals surface area contributed by atoms with Gasteiger partial charge >= 0.3 is 6.03 Å². The van der Waals surface area contributed by atoms with E-state index in [9.17, 15) is 18.0 Å². The Morgan fingerprint density at radius 3 is 2.43 bits per heavy atom. The maximum atomic E-state index is 13.6. The van der Waals surface area contributed by atoms with E-state index in [0.29, 0.717) is 6.54 Å². The van der Waals surface area contributed by atoms with Crippen LogP contribution in [0.1, 0.15) is 24.4 Å². The van der Waals surface area contributed by atoms with Crippen LogP contribution >= 0.6 is 0 Å². The van der Waals surface area contributed by atoms with E-state index in [1.54, 1.807) is 17.0 Å². The second-order valence-electron chi connectivity index (χ2n) is 5.46. The molecular weight excluding hydrogens is 305 g/mol. The number of hydrogen-bond donors (Lipinski definition) is 1. The van der Waals surface area contributed by atoms with E-state index in [1.165, 1.54) is 18.2 Å². The Balaban J connectivity index is 1.76. The highest BCUT2D eigenvalue weighted by Gasteiger charge is 2.30. The van der Waals surface area contributed by atoms with Crippen LogP contribution in [0, 0.1) is 17.5 Å². The number of rotatable bonds is 2. The number of halogens is 3. The second kappa shape index (κ2) is 6.32. The van der Waals surface area contributed by atoms with Crippen molar-refractivity contribution in [2.75, 3.05) is 11.9 Å². The molecule has 1 atom stereocenters. The van der Waals surface area contributed by atoms with Crippen molar-refractivity contribution in [1.82, 2.24) is 4.90 Å². The number of hydrogen-bond acceptors (Lipinski definition) is 1. The van der Waals surface area contributed by atoms with Crippen LogP contribution in [0.2, 0.25) is 0 Å². The minimum absolute atomic E-state index is 0.0684. The minimum atomic E-state index is -0.823. The van der Waals surface area contributed by atoms with E-state index in [4.69, 9.17) is 0 Å². The van der Waals surface area contributed by atoms with Gasteiger partial charge in [0.1, 0.15) is 17.5 Å². The average Bonchev–Trinajstić information content (AvgIpc) is 3.00. The van der Waals surface area contributed by atoms with Crippen molar-refractivity contribution >= 4 is 11.7 Å². The zero-order valence-electron chi connectivity index (χ0n) is 12.2. The smallest absolute Gasteiger partial charge is 0.317 e. The molecule has 0 radical (unpaired) electrons. The van der Waals surface area contributed by atoms with Crippen molar-refractivity contribution in [3.05, 3.63) is 65.5 Å². The Kier molecular flexibility index (Phi) is 4.23. The van der Waals surface area contributed by atoms with Gasteiger partial charge in [-0.1, -0.05) is 12.1 Å². The molecule has 2 amide bonds. The van der Waals surface area contributed by atoms with Crippen molar-refractivity contribution < 1.29 is 18.0 Å². The predicted octanol–water partition coefficient (Wildman–Crippen LogP) is 4.47. The molecule has 1 saturated heterocycles. The maximum absolute atomic E-state index is 13.6. The molecule has 6 heteroatoms. The molecule has 23 heavy (non-hydrogen) atoms. The Labute approximate surface area is 131 Å². The van der Waals surface area contributed by atoms with Gasteiger partial charge in [0, 0.05) is 12.6 Å². The van der Waals surface area contributed by atoms with Crippen LogP contribution in [-0.4, -0.2) is 17.5 Å². The predicted molar refractivity (Wildman–Crippen MR) is 80.5 cm³/mol. The summed E-state index contributed by atoms with van der Waals surface area (Å²) in [6, 6.07) is 8.34. The van der Waals surface area contributed by atoms with Gasteiger partial charge in [-0.25, -0.2) is 18.0 Å². The number of nitrogens with one attached hydrogen (secondary N) is 1. The molecule has 0 unspecified atom stereocenters. The number of benzene rings is 2. The molecule has 0 aliphatic carbocycles. The monoisotopic (exact) mass is 320 g/mol. The van der Waals surface area contributed by atoms with Gasteiger partial charge in [-0.3, -0.25) is 0 Å². The quantitative estimate of drug-likeness (QED) is 0.870. The summed E-state index contributed by atoms with van der Waals surface area (Å²) in [7, 11) is 0. The minimum Gasteiger partial charge on any atom is -0.317 e. The van der Waals surface area contributed by atoms with Gasteiger partial charge in [-0.2, -0.15) is 0 Å². The van der Waals surface area contributed by atoms with Gasteiger partial charge in [0.25, 0.3) is 0 Å². The molecule has 1 heterocycles. The Hall–Kier alpha value is -2.50. The number of likely N-dealkylation sites (tertiary alicyclic amines) is 1. The third-order valence-corrected chi connectivity index (χ3v) is 3.94. The van der Waals surface area contributed by atoms with Crippen LogP contribution in [0.3, 0.4) is 0 Å². The Morgan fingerprint density at radius 2 is 1.74 bits per heavy atom. The van der Waals surface area contributed by atoms with E-state index < -0.39 is 17.7 Å². The molecule has 3 nitrogen and oxygen atoms in total. The average molecular weight is 320 g/mol. The number of amides is 2. The molecule has 1 fully saturated rings. The Bertz CT molecular complexity index is 718. The van der Waals surface area contributed by atoms with E-state index >= 15 is 0 Å². The topological polar surface area (TPSA) is 32.3 Å². The van der Waals surface area contributed by atoms with Gasteiger partial charge in [0.05, 0.1) is 11.7 Å². The van der Waals surface area contributed by atoms with E-state index in [2.05, 4.69) is 5.32 Å². The number of carbonyl (C=O) groups is 1. The molecule has 0 bridgehead atoms. The van der Waals surface area contributed by atoms with Gasteiger partial charge in [0.15, 0.2) is 0 Å². The van der Waals surface area contributed by atoms with E-state index in [-0.39, 0.29) is 17.5 Å². The van der Waals surface area contributed by atoms with Crippen molar-refractivity contribution in [2.24, 2.45) is 0 Å². The summed E-state index contributed by atoms with van der Waals surface area (Å²) in [4.78, 5) is 14.0.